The zero-order valence-electron chi connectivity index (χ0n) is 22.2. The van der Waals surface area contributed by atoms with E-state index in [9.17, 15) is 14.4 Å². The second-order valence-corrected chi connectivity index (χ2v) is 9.85. The van der Waals surface area contributed by atoms with E-state index in [2.05, 4.69) is 10.6 Å². The average molecular weight is 454 g/mol. The number of carbonyl (C=O) groups is 3. The maximum absolute atomic E-state index is 13.7. The van der Waals surface area contributed by atoms with Gasteiger partial charge in [0.2, 0.25) is 11.8 Å². The molecular formula is C25H47N3O4. The lowest BCUT2D eigenvalue weighted by atomic mass is 9.83. The first-order valence-corrected chi connectivity index (χ1v) is 11.9. The first kappa shape index (κ1) is 30.1. The number of hydrogen-bond donors (Lipinski definition) is 2. The summed E-state index contributed by atoms with van der Waals surface area (Å²) in [5.41, 5.74) is -0.749. The number of carbonyl (C=O) groups excluding carboxylic acids is 3. The van der Waals surface area contributed by atoms with E-state index < -0.39 is 17.0 Å². The van der Waals surface area contributed by atoms with E-state index >= 15 is 0 Å². The summed E-state index contributed by atoms with van der Waals surface area (Å²) in [4.78, 5) is 40.7. The molecule has 0 aromatic heterocycles. The minimum absolute atomic E-state index is 0.0665. The Bertz CT molecular complexity index is 661. The van der Waals surface area contributed by atoms with E-state index in [-0.39, 0.29) is 29.7 Å². The molecule has 0 fully saturated rings. The zero-order valence-corrected chi connectivity index (χ0v) is 22.2. The molecule has 32 heavy (non-hydrogen) atoms. The lowest BCUT2D eigenvalue weighted by molar-refractivity contribution is -0.142. The van der Waals surface area contributed by atoms with Crippen LogP contribution in [0.1, 0.15) is 82.1 Å². The van der Waals surface area contributed by atoms with Crippen molar-refractivity contribution in [1.29, 1.82) is 0 Å². The van der Waals surface area contributed by atoms with E-state index in [4.69, 9.17) is 4.74 Å². The second-order valence-electron chi connectivity index (χ2n) is 9.85. The van der Waals surface area contributed by atoms with E-state index in [1.807, 2.05) is 55.4 Å². The zero-order chi connectivity index (χ0) is 25.3. The first-order valence-electron chi connectivity index (χ1n) is 11.9. The SMILES string of the molecule is CCNC(CC)(CC)C(=O)N[C@H](C(=O)N(C)[C@H](C=C(C)C(=O)OCC)C(C)C)C(C)(C)C. The second kappa shape index (κ2) is 13.0. The number of ether oxygens (including phenoxy) is 1. The summed E-state index contributed by atoms with van der Waals surface area (Å²) in [7, 11) is 1.73. The van der Waals surface area contributed by atoms with Gasteiger partial charge in [0.25, 0.3) is 0 Å². The monoisotopic (exact) mass is 453 g/mol. The Morgan fingerprint density at radius 2 is 1.56 bits per heavy atom. The van der Waals surface area contributed by atoms with Gasteiger partial charge in [-0.25, -0.2) is 4.79 Å². The third kappa shape index (κ3) is 7.91. The fourth-order valence-electron chi connectivity index (χ4n) is 3.83. The van der Waals surface area contributed by atoms with Gasteiger partial charge in [0, 0.05) is 12.6 Å². The number of rotatable bonds is 12. The number of esters is 1. The Hall–Kier alpha value is -1.89. The summed E-state index contributed by atoms with van der Waals surface area (Å²) in [5, 5.41) is 6.36. The molecule has 7 heteroatoms. The van der Waals surface area contributed by atoms with Crippen LogP contribution >= 0.6 is 0 Å². The molecule has 2 amide bonds. The molecule has 0 rings (SSSR count). The fraction of sp³-hybridized carbons (Fsp3) is 0.800. The average Bonchev–Trinajstić information content (AvgIpc) is 2.71. The van der Waals surface area contributed by atoms with Gasteiger partial charge >= 0.3 is 5.97 Å². The van der Waals surface area contributed by atoms with Crippen LogP contribution in [0.5, 0.6) is 0 Å². The van der Waals surface area contributed by atoms with Crippen molar-refractivity contribution in [2.75, 3.05) is 20.2 Å². The summed E-state index contributed by atoms with van der Waals surface area (Å²) in [6.07, 6.45) is 3.03. The summed E-state index contributed by atoms with van der Waals surface area (Å²) < 4.78 is 5.09. The smallest absolute Gasteiger partial charge is 0.333 e. The predicted molar refractivity (Wildman–Crippen MR) is 130 cm³/mol. The Balaban J connectivity index is 6.01. The Kier molecular flexibility index (Phi) is 12.2. The molecule has 0 spiro atoms. The number of nitrogens with one attached hydrogen (secondary N) is 2. The minimum atomic E-state index is -0.714. The molecule has 2 N–H and O–H groups in total. The third-order valence-corrected chi connectivity index (χ3v) is 6.04. The molecule has 186 valence electrons. The van der Waals surface area contributed by atoms with E-state index in [0.717, 1.165) is 0 Å². The van der Waals surface area contributed by atoms with Crippen LogP contribution in [0.2, 0.25) is 0 Å². The number of amides is 2. The van der Waals surface area contributed by atoms with E-state index in [0.29, 0.717) is 31.6 Å². The molecule has 0 aliphatic rings. The van der Waals surface area contributed by atoms with Crippen molar-refractivity contribution in [3.05, 3.63) is 11.6 Å². The highest BCUT2D eigenvalue weighted by atomic mass is 16.5. The highest BCUT2D eigenvalue weighted by Crippen LogP contribution is 2.25. The highest BCUT2D eigenvalue weighted by molar-refractivity contribution is 5.93. The van der Waals surface area contributed by atoms with Crippen LogP contribution in [0.15, 0.2) is 11.6 Å². The first-order chi connectivity index (χ1) is 14.7. The van der Waals surface area contributed by atoms with Gasteiger partial charge in [-0.05, 0) is 44.6 Å². The van der Waals surface area contributed by atoms with Gasteiger partial charge in [0.05, 0.1) is 18.2 Å². The van der Waals surface area contributed by atoms with Crippen LogP contribution in [0.3, 0.4) is 0 Å². The Morgan fingerprint density at radius 1 is 1.03 bits per heavy atom. The van der Waals surface area contributed by atoms with Gasteiger partial charge in [-0.3, -0.25) is 9.59 Å². The van der Waals surface area contributed by atoms with Crippen molar-refractivity contribution in [1.82, 2.24) is 15.5 Å². The standard InChI is InChI=1S/C25H47N3O4/c1-12-25(13-2,26-14-3)23(31)27-20(24(8,9)10)21(29)28(11)19(17(5)6)16-18(7)22(30)32-15-4/h16-17,19-20,26H,12-15H2,1-11H3,(H,27,31)/t19-,20-/m1/s1. The van der Waals surface area contributed by atoms with Gasteiger partial charge in [0.15, 0.2) is 0 Å². The third-order valence-electron chi connectivity index (χ3n) is 6.04. The van der Waals surface area contributed by atoms with Gasteiger partial charge in [0.1, 0.15) is 6.04 Å². The van der Waals surface area contributed by atoms with Crippen molar-refractivity contribution < 1.29 is 19.1 Å². The number of hydrogen-bond acceptors (Lipinski definition) is 5. The summed E-state index contributed by atoms with van der Waals surface area (Å²) in [6.45, 7) is 20.2. The predicted octanol–water partition coefficient (Wildman–Crippen LogP) is 3.68. The molecular weight excluding hydrogens is 406 g/mol. The van der Waals surface area contributed by atoms with Crippen LogP contribution in [0.25, 0.3) is 0 Å². The maximum atomic E-state index is 13.7. The molecule has 0 aromatic rings. The van der Waals surface area contributed by atoms with Crippen LogP contribution in [-0.4, -0.2) is 60.5 Å². The maximum Gasteiger partial charge on any atom is 0.333 e. The van der Waals surface area contributed by atoms with Gasteiger partial charge in [-0.1, -0.05) is 61.5 Å². The Labute approximate surface area is 195 Å². The molecule has 0 saturated heterocycles. The topological polar surface area (TPSA) is 87.7 Å². The van der Waals surface area contributed by atoms with Gasteiger partial charge in [-0.15, -0.1) is 0 Å². The molecule has 0 aliphatic heterocycles. The van der Waals surface area contributed by atoms with Crippen LogP contribution in [0, 0.1) is 11.3 Å². The molecule has 7 nitrogen and oxygen atoms in total. The molecule has 0 aliphatic carbocycles. The van der Waals surface area contributed by atoms with Crippen molar-refractivity contribution in [3.63, 3.8) is 0 Å². The molecule has 0 unspecified atom stereocenters. The highest BCUT2D eigenvalue weighted by Gasteiger charge is 2.41. The molecule has 0 heterocycles. The van der Waals surface area contributed by atoms with Crippen molar-refractivity contribution in [2.24, 2.45) is 11.3 Å². The largest absolute Gasteiger partial charge is 0.463 e. The number of likely N-dealkylation sites (N-methyl/N-ethyl adjacent to an activating group) is 2. The summed E-state index contributed by atoms with van der Waals surface area (Å²) >= 11 is 0. The van der Waals surface area contributed by atoms with Crippen molar-refractivity contribution in [2.45, 2.75) is 99.7 Å². The summed E-state index contributed by atoms with van der Waals surface area (Å²) in [5.74, 6) is -0.668. The van der Waals surface area contributed by atoms with Gasteiger partial charge < -0.3 is 20.3 Å². The van der Waals surface area contributed by atoms with Crippen LogP contribution < -0.4 is 10.6 Å². The van der Waals surface area contributed by atoms with E-state index in [1.165, 1.54) is 0 Å². The van der Waals surface area contributed by atoms with Gasteiger partial charge in [-0.2, -0.15) is 0 Å². The molecule has 0 saturated carbocycles. The van der Waals surface area contributed by atoms with Crippen LogP contribution in [-0.2, 0) is 19.1 Å². The van der Waals surface area contributed by atoms with Crippen LogP contribution in [0.4, 0.5) is 0 Å². The molecule has 0 bridgehead atoms. The quantitative estimate of drug-likeness (QED) is 0.348. The fourth-order valence-corrected chi connectivity index (χ4v) is 3.83. The molecule has 0 radical (unpaired) electrons. The van der Waals surface area contributed by atoms with E-state index in [1.54, 1.807) is 31.9 Å². The van der Waals surface area contributed by atoms with Crippen molar-refractivity contribution in [3.8, 4) is 0 Å². The lowest BCUT2D eigenvalue weighted by Crippen LogP contribution is -2.63. The lowest BCUT2D eigenvalue weighted by Gasteiger charge is -2.40. The summed E-state index contributed by atoms with van der Waals surface area (Å²) in [6, 6.07) is -1.03. The Morgan fingerprint density at radius 3 is 1.94 bits per heavy atom. The normalized spacial score (nSPS) is 14.7. The number of nitrogens with zero attached hydrogens (tertiary/aromatic N) is 1. The van der Waals surface area contributed by atoms with Crippen molar-refractivity contribution >= 4 is 17.8 Å². The minimum Gasteiger partial charge on any atom is -0.463 e. The molecule has 0 aromatic carbocycles. The molecule has 2 atom stereocenters.